The summed E-state index contributed by atoms with van der Waals surface area (Å²) >= 11 is 6.06. The Balaban J connectivity index is 2.32. The number of halogens is 1. The molecule has 1 heterocycles. The maximum absolute atomic E-state index is 11.9. The first kappa shape index (κ1) is 16.3. The fourth-order valence-electron chi connectivity index (χ4n) is 2.15. The van der Waals surface area contributed by atoms with Crippen LogP contribution in [-0.4, -0.2) is 38.3 Å². The third kappa shape index (κ3) is 3.40. The number of aromatic nitrogens is 1. The molecule has 0 unspecified atom stereocenters. The predicted octanol–water partition coefficient (Wildman–Crippen LogP) is 2.49. The van der Waals surface area contributed by atoms with Gasteiger partial charge in [-0.1, -0.05) is 25.4 Å². The van der Waals surface area contributed by atoms with Gasteiger partial charge in [0.1, 0.15) is 0 Å². The molecule has 1 aromatic heterocycles. The zero-order valence-corrected chi connectivity index (χ0v) is 14.1. The number of nitrogens with zero attached hydrogens (tertiary/aromatic N) is 1. The van der Waals surface area contributed by atoms with Crippen molar-refractivity contribution in [1.29, 1.82) is 0 Å². The highest BCUT2D eigenvalue weighted by Gasteiger charge is 2.26. The maximum Gasteiger partial charge on any atom is 0.278 e. The van der Waals surface area contributed by atoms with Crippen LogP contribution in [0.15, 0.2) is 24.4 Å². The summed E-state index contributed by atoms with van der Waals surface area (Å²) in [5.74, 6) is 0. The number of hydrogen-bond donors (Lipinski definition) is 2. The summed E-state index contributed by atoms with van der Waals surface area (Å²) in [5.41, 5.74) is 1.64. The predicted molar refractivity (Wildman–Crippen MR) is 86.9 cm³/mol. The smallest absolute Gasteiger partial charge is 0.278 e. The number of aromatic amines is 1. The molecule has 21 heavy (non-hydrogen) atoms. The quantitative estimate of drug-likeness (QED) is 0.885. The van der Waals surface area contributed by atoms with Gasteiger partial charge in [0, 0.05) is 48.2 Å². The van der Waals surface area contributed by atoms with Crippen LogP contribution in [0.4, 0.5) is 0 Å². The Morgan fingerprint density at radius 3 is 2.62 bits per heavy atom. The summed E-state index contributed by atoms with van der Waals surface area (Å²) in [5, 5.41) is 1.67. The van der Waals surface area contributed by atoms with Crippen molar-refractivity contribution in [2.24, 2.45) is 0 Å². The molecule has 0 saturated carbocycles. The van der Waals surface area contributed by atoms with Crippen molar-refractivity contribution in [2.75, 3.05) is 20.6 Å². The lowest BCUT2D eigenvalue weighted by Gasteiger charge is -2.26. The molecule has 0 bridgehead atoms. The van der Waals surface area contributed by atoms with Gasteiger partial charge in [0.25, 0.3) is 10.2 Å². The minimum atomic E-state index is -3.44. The first-order valence-electron chi connectivity index (χ1n) is 6.58. The molecule has 2 aromatic rings. The second kappa shape index (κ2) is 5.61. The van der Waals surface area contributed by atoms with Crippen LogP contribution in [-0.2, 0) is 15.6 Å². The number of fused-ring (bicyclic) bond motifs is 1. The molecular formula is C14H20ClN3O2S. The van der Waals surface area contributed by atoms with E-state index in [1.165, 1.54) is 14.1 Å². The Morgan fingerprint density at radius 2 is 2.00 bits per heavy atom. The van der Waals surface area contributed by atoms with E-state index in [1.54, 1.807) is 0 Å². The molecule has 2 N–H and O–H groups in total. The van der Waals surface area contributed by atoms with E-state index in [-0.39, 0.29) is 5.41 Å². The van der Waals surface area contributed by atoms with Gasteiger partial charge in [0.2, 0.25) is 0 Å². The molecule has 0 amide bonds. The molecule has 0 spiro atoms. The van der Waals surface area contributed by atoms with Crippen LogP contribution in [0.1, 0.15) is 19.4 Å². The van der Waals surface area contributed by atoms with E-state index >= 15 is 0 Å². The van der Waals surface area contributed by atoms with Crippen LogP contribution in [0.2, 0.25) is 5.02 Å². The molecule has 0 aliphatic rings. The Kier molecular flexibility index (Phi) is 4.35. The van der Waals surface area contributed by atoms with Gasteiger partial charge in [-0.2, -0.15) is 12.7 Å². The van der Waals surface area contributed by atoms with Crippen molar-refractivity contribution < 1.29 is 8.42 Å². The van der Waals surface area contributed by atoms with Crippen LogP contribution in [0.3, 0.4) is 0 Å². The van der Waals surface area contributed by atoms with Gasteiger partial charge >= 0.3 is 0 Å². The highest BCUT2D eigenvalue weighted by molar-refractivity contribution is 7.87. The first-order chi connectivity index (χ1) is 9.63. The van der Waals surface area contributed by atoms with Crippen LogP contribution in [0.25, 0.3) is 10.9 Å². The molecule has 0 aliphatic heterocycles. The molecule has 0 fully saturated rings. The average Bonchev–Trinajstić information content (AvgIpc) is 2.80. The maximum atomic E-state index is 11.9. The van der Waals surface area contributed by atoms with E-state index in [4.69, 9.17) is 11.6 Å². The third-order valence-electron chi connectivity index (χ3n) is 3.55. The Bertz CT molecular complexity index is 751. The summed E-state index contributed by atoms with van der Waals surface area (Å²) < 4.78 is 27.5. The molecule has 0 aliphatic carbocycles. The van der Waals surface area contributed by atoms with Gasteiger partial charge in [-0.05, 0) is 23.8 Å². The standard InChI is InChI=1S/C14H20ClN3O2S/c1-14(2,9-17-21(19,20)18(3)4)12-8-16-13-6-5-10(15)7-11(12)13/h5-8,16-17H,9H2,1-4H3. The van der Waals surface area contributed by atoms with E-state index < -0.39 is 10.2 Å². The van der Waals surface area contributed by atoms with Crippen molar-refractivity contribution in [1.82, 2.24) is 14.0 Å². The van der Waals surface area contributed by atoms with Crippen molar-refractivity contribution in [3.63, 3.8) is 0 Å². The van der Waals surface area contributed by atoms with E-state index in [0.717, 1.165) is 20.8 Å². The summed E-state index contributed by atoms with van der Waals surface area (Å²) in [4.78, 5) is 3.20. The Labute approximate surface area is 130 Å². The summed E-state index contributed by atoms with van der Waals surface area (Å²) in [6, 6.07) is 5.64. The van der Waals surface area contributed by atoms with E-state index in [1.807, 2.05) is 38.2 Å². The number of benzene rings is 1. The second-order valence-corrected chi connectivity index (χ2v) is 8.29. The van der Waals surface area contributed by atoms with Crippen molar-refractivity contribution in [2.45, 2.75) is 19.3 Å². The monoisotopic (exact) mass is 329 g/mol. The zero-order chi connectivity index (χ0) is 15.8. The summed E-state index contributed by atoms with van der Waals surface area (Å²) in [6.07, 6.45) is 1.91. The number of hydrogen-bond acceptors (Lipinski definition) is 2. The van der Waals surface area contributed by atoms with Crippen molar-refractivity contribution in [3.05, 3.63) is 35.0 Å². The van der Waals surface area contributed by atoms with Crippen LogP contribution in [0.5, 0.6) is 0 Å². The summed E-state index contributed by atoms with van der Waals surface area (Å²) in [6.45, 7) is 4.29. The highest BCUT2D eigenvalue weighted by atomic mass is 35.5. The molecule has 0 radical (unpaired) electrons. The van der Waals surface area contributed by atoms with E-state index in [0.29, 0.717) is 11.6 Å². The third-order valence-corrected chi connectivity index (χ3v) is 5.26. The van der Waals surface area contributed by atoms with Crippen molar-refractivity contribution >= 4 is 32.7 Å². The second-order valence-electron chi connectivity index (χ2n) is 5.88. The van der Waals surface area contributed by atoms with Gasteiger partial charge in [-0.25, -0.2) is 4.72 Å². The van der Waals surface area contributed by atoms with Gasteiger partial charge in [0.05, 0.1) is 0 Å². The van der Waals surface area contributed by atoms with Gasteiger partial charge in [-0.3, -0.25) is 0 Å². The lowest BCUT2D eigenvalue weighted by molar-refractivity contribution is 0.471. The molecule has 7 heteroatoms. The van der Waals surface area contributed by atoms with Crippen LogP contribution < -0.4 is 4.72 Å². The van der Waals surface area contributed by atoms with Crippen LogP contribution in [0, 0.1) is 0 Å². The Hall–Kier alpha value is -1.08. The molecule has 5 nitrogen and oxygen atoms in total. The number of rotatable bonds is 5. The van der Waals surface area contributed by atoms with E-state index in [2.05, 4.69) is 9.71 Å². The largest absolute Gasteiger partial charge is 0.361 e. The highest BCUT2D eigenvalue weighted by Crippen LogP contribution is 2.31. The molecular weight excluding hydrogens is 310 g/mol. The van der Waals surface area contributed by atoms with Gasteiger partial charge in [-0.15, -0.1) is 0 Å². The lowest BCUT2D eigenvalue weighted by Crippen LogP contribution is -2.42. The van der Waals surface area contributed by atoms with E-state index in [9.17, 15) is 8.42 Å². The lowest BCUT2D eigenvalue weighted by atomic mass is 9.85. The Morgan fingerprint density at radius 1 is 1.33 bits per heavy atom. The SMILES string of the molecule is CN(C)S(=O)(=O)NCC(C)(C)c1c[nH]c2ccc(Cl)cc12. The van der Waals surface area contributed by atoms with Gasteiger partial charge in [0.15, 0.2) is 0 Å². The summed E-state index contributed by atoms with van der Waals surface area (Å²) in [7, 11) is -0.435. The molecule has 0 atom stereocenters. The molecule has 0 saturated heterocycles. The van der Waals surface area contributed by atoms with Crippen molar-refractivity contribution in [3.8, 4) is 0 Å². The molecule has 2 rings (SSSR count). The first-order valence-corrected chi connectivity index (χ1v) is 8.39. The average molecular weight is 330 g/mol. The number of H-pyrrole nitrogens is 1. The number of nitrogens with one attached hydrogen (secondary N) is 2. The normalized spacial score (nSPS) is 13.2. The minimum Gasteiger partial charge on any atom is -0.361 e. The zero-order valence-electron chi connectivity index (χ0n) is 12.6. The fraction of sp³-hybridized carbons (Fsp3) is 0.429. The molecule has 116 valence electrons. The van der Waals surface area contributed by atoms with Crippen LogP contribution >= 0.6 is 11.6 Å². The molecule has 1 aromatic carbocycles. The van der Waals surface area contributed by atoms with Gasteiger partial charge < -0.3 is 4.98 Å². The topological polar surface area (TPSA) is 65.2 Å². The fourth-order valence-corrected chi connectivity index (χ4v) is 3.12. The minimum absolute atomic E-state index is 0.299.